The maximum atomic E-state index is 12.5. The molecule has 7 heteroatoms. The largest absolute Gasteiger partial charge is 0.462 e. The van der Waals surface area contributed by atoms with Crippen LogP contribution in [-0.2, 0) is 21.2 Å². The number of esters is 1. The van der Waals surface area contributed by atoms with E-state index in [9.17, 15) is 13.2 Å². The number of sulfonamides is 1. The molecule has 3 rings (SSSR count). The van der Waals surface area contributed by atoms with Crippen molar-refractivity contribution in [2.45, 2.75) is 31.1 Å². The standard InChI is InChI=1S/C17H18N2O4S/c1-11(2)16-15-12(8-9-23-17(15)20)10-14(18-16)19-24(21,22)13-6-4-3-5-7-13/h3-7,10-11H,8-9H2,1-2H3,(H,18,19). The number of hydrogen-bond acceptors (Lipinski definition) is 5. The number of benzene rings is 1. The van der Waals surface area contributed by atoms with E-state index in [1.807, 2.05) is 13.8 Å². The van der Waals surface area contributed by atoms with Gasteiger partial charge >= 0.3 is 5.97 Å². The Morgan fingerprint density at radius 2 is 1.92 bits per heavy atom. The summed E-state index contributed by atoms with van der Waals surface area (Å²) in [6.07, 6.45) is 0.545. The Morgan fingerprint density at radius 1 is 1.21 bits per heavy atom. The molecule has 126 valence electrons. The van der Waals surface area contributed by atoms with Gasteiger partial charge in [0.05, 0.1) is 22.8 Å². The Labute approximate surface area is 140 Å². The van der Waals surface area contributed by atoms with Crippen molar-refractivity contribution in [3.05, 3.63) is 53.2 Å². The molecule has 0 aliphatic carbocycles. The summed E-state index contributed by atoms with van der Waals surface area (Å²) in [6, 6.07) is 9.71. The molecule has 1 aromatic heterocycles. The van der Waals surface area contributed by atoms with E-state index >= 15 is 0 Å². The first-order chi connectivity index (χ1) is 11.4. The van der Waals surface area contributed by atoms with Crippen molar-refractivity contribution in [1.29, 1.82) is 0 Å². The van der Waals surface area contributed by atoms with Crippen molar-refractivity contribution in [1.82, 2.24) is 4.98 Å². The van der Waals surface area contributed by atoms with Gasteiger partial charge in [0.25, 0.3) is 10.0 Å². The van der Waals surface area contributed by atoms with Crippen LogP contribution in [0.15, 0.2) is 41.3 Å². The van der Waals surface area contributed by atoms with E-state index < -0.39 is 16.0 Å². The predicted octanol–water partition coefficient (Wildman–Crippen LogP) is 2.72. The average molecular weight is 346 g/mol. The summed E-state index contributed by atoms with van der Waals surface area (Å²) >= 11 is 0. The summed E-state index contributed by atoms with van der Waals surface area (Å²) in [5.74, 6) is -0.216. The van der Waals surface area contributed by atoms with Crippen LogP contribution in [0.2, 0.25) is 0 Å². The lowest BCUT2D eigenvalue weighted by atomic mass is 9.96. The maximum absolute atomic E-state index is 12.5. The Kier molecular flexibility index (Phi) is 4.28. The molecule has 1 aromatic carbocycles. The third-order valence-electron chi connectivity index (χ3n) is 3.78. The van der Waals surface area contributed by atoms with Crippen LogP contribution in [0.3, 0.4) is 0 Å². The minimum absolute atomic E-state index is 0.0365. The summed E-state index contributed by atoms with van der Waals surface area (Å²) < 4.78 is 32.5. The molecule has 1 N–H and O–H groups in total. The highest BCUT2D eigenvalue weighted by atomic mass is 32.2. The van der Waals surface area contributed by atoms with E-state index in [2.05, 4.69) is 9.71 Å². The van der Waals surface area contributed by atoms with Crippen molar-refractivity contribution >= 4 is 21.8 Å². The van der Waals surface area contributed by atoms with Crippen LogP contribution >= 0.6 is 0 Å². The number of aromatic nitrogens is 1. The van der Waals surface area contributed by atoms with Gasteiger partial charge in [0.15, 0.2) is 0 Å². The molecule has 0 fully saturated rings. The van der Waals surface area contributed by atoms with Crippen molar-refractivity contribution in [3.63, 3.8) is 0 Å². The monoisotopic (exact) mass is 346 g/mol. The second-order valence-corrected chi connectivity index (χ2v) is 7.57. The predicted molar refractivity (Wildman–Crippen MR) is 89.6 cm³/mol. The molecule has 0 spiro atoms. The minimum atomic E-state index is -3.72. The molecule has 6 nitrogen and oxygen atoms in total. The first-order valence-corrected chi connectivity index (χ1v) is 9.15. The second-order valence-electron chi connectivity index (χ2n) is 5.89. The van der Waals surface area contributed by atoms with Gasteiger partial charge in [-0.05, 0) is 29.7 Å². The molecular formula is C17H18N2O4S. The Hall–Kier alpha value is -2.41. The Bertz CT molecular complexity index is 877. The molecule has 24 heavy (non-hydrogen) atoms. The Morgan fingerprint density at radius 3 is 2.58 bits per heavy atom. The molecule has 0 radical (unpaired) electrons. The molecular weight excluding hydrogens is 328 g/mol. The van der Waals surface area contributed by atoms with Gasteiger partial charge in [-0.15, -0.1) is 0 Å². The molecule has 0 unspecified atom stereocenters. The fraction of sp³-hybridized carbons (Fsp3) is 0.294. The second kappa shape index (κ2) is 6.24. The van der Waals surface area contributed by atoms with Gasteiger partial charge in [-0.25, -0.2) is 18.2 Å². The van der Waals surface area contributed by atoms with E-state index in [0.29, 0.717) is 17.7 Å². The van der Waals surface area contributed by atoms with Gasteiger partial charge in [-0.3, -0.25) is 4.72 Å². The van der Waals surface area contributed by atoms with E-state index in [-0.39, 0.29) is 23.2 Å². The molecule has 0 saturated heterocycles. The molecule has 1 aliphatic heterocycles. The summed E-state index contributed by atoms with van der Waals surface area (Å²) in [5, 5.41) is 0. The Balaban J connectivity index is 2.04. The lowest BCUT2D eigenvalue weighted by Gasteiger charge is -2.21. The molecule has 1 aliphatic rings. The average Bonchev–Trinajstić information content (AvgIpc) is 2.54. The number of rotatable bonds is 4. The number of anilines is 1. The first kappa shape index (κ1) is 16.4. The third kappa shape index (κ3) is 3.12. The number of nitrogens with zero attached hydrogens (tertiary/aromatic N) is 1. The lowest BCUT2D eigenvalue weighted by molar-refractivity contribution is 0.0477. The maximum Gasteiger partial charge on any atom is 0.340 e. The van der Waals surface area contributed by atoms with E-state index in [1.54, 1.807) is 24.3 Å². The number of carbonyl (C=O) groups is 1. The molecule has 0 bridgehead atoms. The van der Waals surface area contributed by atoms with Crippen molar-refractivity contribution in [2.24, 2.45) is 0 Å². The zero-order valence-corrected chi connectivity index (χ0v) is 14.3. The van der Waals surface area contributed by atoms with Crippen molar-refractivity contribution < 1.29 is 17.9 Å². The van der Waals surface area contributed by atoms with E-state index in [1.165, 1.54) is 12.1 Å². The number of cyclic esters (lactones) is 1. The fourth-order valence-electron chi connectivity index (χ4n) is 2.64. The SMILES string of the molecule is CC(C)c1nc(NS(=O)(=O)c2ccccc2)cc2c1C(=O)OCC2. The number of ether oxygens (including phenoxy) is 1. The number of pyridine rings is 1. The minimum Gasteiger partial charge on any atom is -0.462 e. The van der Waals surface area contributed by atoms with Crippen molar-refractivity contribution in [2.75, 3.05) is 11.3 Å². The normalized spacial score (nSPS) is 14.2. The number of hydrogen-bond donors (Lipinski definition) is 1. The van der Waals surface area contributed by atoms with Gasteiger partial charge < -0.3 is 4.74 Å². The van der Waals surface area contributed by atoms with Crippen LogP contribution in [0.4, 0.5) is 5.82 Å². The molecule has 0 atom stereocenters. The highest BCUT2D eigenvalue weighted by molar-refractivity contribution is 7.92. The summed E-state index contributed by atoms with van der Waals surface area (Å²) in [4.78, 5) is 16.5. The third-order valence-corrected chi connectivity index (χ3v) is 5.15. The van der Waals surface area contributed by atoms with Gasteiger partial charge in [0, 0.05) is 6.42 Å². The van der Waals surface area contributed by atoms with Gasteiger partial charge in [0.1, 0.15) is 5.82 Å². The zero-order chi connectivity index (χ0) is 17.3. The first-order valence-electron chi connectivity index (χ1n) is 7.67. The zero-order valence-electron chi connectivity index (χ0n) is 13.4. The van der Waals surface area contributed by atoms with Crippen LogP contribution in [0.1, 0.15) is 41.4 Å². The van der Waals surface area contributed by atoms with Gasteiger partial charge in [-0.1, -0.05) is 32.0 Å². The highest BCUT2D eigenvalue weighted by Gasteiger charge is 2.27. The van der Waals surface area contributed by atoms with Crippen molar-refractivity contribution in [3.8, 4) is 0 Å². The van der Waals surface area contributed by atoms with Crippen LogP contribution in [0.25, 0.3) is 0 Å². The van der Waals surface area contributed by atoms with Gasteiger partial charge in [0.2, 0.25) is 0 Å². The number of nitrogens with one attached hydrogen (secondary N) is 1. The molecule has 0 amide bonds. The number of carbonyl (C=O) groups excluding carboxylic acids is 1. The van der Waals surface area contributed by atoms with Crippen LogP contribution in [-0.4, -0.2) is 26.0 Å². The van der Waals surface area contributed by atoms with Crippen LogP contribution < -0.4 is 4.72 Å². The summed E-state index contributed by atoms with van der Waals surface area (Å²) in [7, 11) is -3.72. The quantitative estimate of drug-likeness (QED) is 0.860. The summed E-state index contributed by atoms with van der Waals surface area (Å²) in [6.45, 7) is 4.10. The highest BCUT2D eigenvalue weighted by Crippen LogP contribution is 2.28. The van der Waals surface area contributed by atoms with Crippen LogP contribution in [0, 0.1) is 0 Å². The molecule has 0 saturated carbocycles. The fourth-order valence-corrected chi connectivity index (χ4v) is 3.66. The lowest BCUT2D eigenvalue weighted by Crippen LogP contribution is -2.23. The smallest absolute Gasteiger partial charge is 0.340 e. The van der Waals surface area contributed by atoms with Gasteiger partial charge in [-0.2, -0.15) is 0 Å². The van der Waals surface area contributed by atoms with E-state index in [4.69, 9.17) is 4.74 Å². The molecule has 2 aromatic rings. The van der Waals surface area contributed by atoms with Crippen LogP contribution in [0.5, 0.6) is 0 Å². The number of fused-ring (bicyclic) bond motifs is 1. The molecule has 2 heterocycles. The van der Waals surface area contributed by atoms with E-state index in [0.717, 1.165) is 5.56 Å². The topological polar surface area (TPSA) is 85.4 Å². The summed E-state index contributed by atoms with van der Waals surface area (Å²) in [5.41, 5.74) is 1.76.